The molecular formula is C27H23N9O. The molecule has 0 saturated carbocycles. The summed E-state index contributed by atoms with van der Waals surface area (Å²) in [6, 6.07) is 17.4. The Labute approximate surface area is 212 Å². The Morgan fingerprint density at radius 1 is 0.892 bits per heavy atom. The molecule has 2 N–H and O–H groups in total. The van der Waals surface area contributed by atoms with Crippen molar-refractivity contribution in [1.29, 1.82) is 0 Å². The smallest absolute Gasteiger partial charge is 0.184 e. The summed E-state index contributed by atoms with van der Waals surface area (Å²) in [5, 5.41) is 9.94. The highest BCUT2D eigenvalue weighted by Crippen LogP contribution is 2.35. The number of pyridine rings is 2. The molecule has 0 aliphatic heterocycles. The molecule has 0 saturated heterocycles. The lowest BCUT2D eigenvalue weighted by Gasteiger charge is -2.24. The van der Waals surface area contributed by atoms with Gasteiger partial charge in [-0.05, 0) is 44.2 Å². The summed E-state index contributed by atoms with van der Waals surface area (Å²) in [6.45, 7) is 4.34. The first-order chi connectivity index (χ1) is 18.1. The number of hydrogen-bond donors (Lipinski definition) is 1. The van der Waals surface area contributed by atoms with Gasteiger partial charge in [0.05, 0.1) is 29.1 Å². The molecule has 0 aliphatic carbocycles. The van der Waals surface area contributed by atoms with Crippen LogP contribution < -0.4 is 10.6 Å². The molecule has 37 heavy (non-hydrogen) atoms. The monoisotopic (exact) mass is 489 g/mol. The molecule has 6 rings (SSSR count). The zero-order chi connectivity index (χ0) is 25.4. The van der Waals surface area contributed by atoms with Gasteiger partial charge in [-0.15, -0.1) is 0 Å². The number of aromatic nitrogens is 7. The third kappa shape index (κ3) is 4.14. The van der Waals surface area contributed by atoms with E-state index in [0.29, 0.717) is 29.7 Å². The summed E-state index contributed by atoms with van der Waals surface area (Å²) in [4.78, 5) is 19.8. The number of rotatable bonds is 6. The second-order valence-electron chi connectivity index (χ2n) is 8.55. The second-order valence-corrected chi connectivity index (χ2v) is 8.55. The van der Waals surface area contributed by atoms with E-state index in [0.717, 1.165) is 39.3 Å². The fraction of sp³-hybridized carbons (Fsp3) is 0.111. The summed E-state index contributed by atoms with van der Waals surface area (Å²) in [7, 11) is 0. The molecule has 6 aromatic rings. The SMILES string of the molecule is Cc1noc(C)c1Cn1nc(-c2nc(N)cc(N(c3ccncc3)c3ccncc3)n2)c2ccccc21. The van der Waals surface area contributed by atoms with Gasteiger partial charge in [-0.3, -0.25) is 19.5 Å². The van der Waals surface area contributed by atoms with Crippen molar-refractivity contribution in [3.05, 3.63) is 96.4 Å². The normalized spacial score (nSPS) is 11.2. The van der Waals surface area contributed by atoms with Crippen LogP contribution in [0.5, 0.6) is 0 Å². The first-order valence-corrected chi connectivity index (χ1v) is 11.7. The number of anilines is 4. The lowest BCUT2D eigenvalue weighted by Crippen LogP contribution is -2.13. The Balaban J connectivity index is 1.51. The van der Waals surface area contributed by atoms with E-state index in [1.807, 2.05) is 72.0 Å². The van der Waals surface area contributed by atoms with Gasteiger partial charge in [-0.2, -0.15) is 5.10 Å². The molecule has 0 amide bonds. The largest absolute Gasteiger partial charge is 0.384 e. The average molecular weight is 490 g/mol. The van der Waals surface area contributed by atoms with Crippen LogP contribution in [0.4, 0.5) is 23.0 Å². The van der Waals surface area contributed by atoms with Crippen LogP contribution in [-0.4, -0.2) is 34.9 Å². The van der Waals surface area contributed by atoms with Crippen LogP contribution in [0.3, 0.4) is 0 Å². The number of fused-ring (bicyclic) bond motifs is 1. The second kappa shape index (κ2) is 9.15. The number of nitrogen functional groups attached to an aromatic ring is 1. The van der Waals surface area contributed by atoms with Crippen molar-refractivity contribution >= 4 is 33.9 Å². The van der Waals surface area contributed by atoms with E-state index in [1.54, 1.807) is 30.9 Å². The molecule has 0 atom stereocenters. The lowest BCUT2D eigenvalue weighted by molar-refractivity contribution is 0.392. The van der Waals surface area contributed by atoms with E-state index in [9.17, 15) is 0 Å². The minimum atomic E-state index is 0.331. The van der Waals surface area contributed by atoms with Gasteiger partial charge in [0, 0.05) is 41.8 Å². The first kappa shape index (κ1) is 22.4. The van der Waals surface area contributed by atoms with Gasteiger partial charge in [0.15, 0.2) is 5.82 Å². The Kier molecular flexibility index (Phi) is 5.53. The van der Waals surface area contributed by atoms with Gasteiger partial charge in [-0.25, -0.2) is 9.97 Å². The van der Waals surface area contributed by atoms with Gasteiger partial charge < -0.3 is 10.3 Å². The van der Waals surface area contributed by atoms with Gasteiger partial charge in [0.2, 0.25) is 0 Å². The zero-order valence-electron chi connectivity index (χ0n) is 20.3. The third-order valence-electron chi connectivity index (χ3n) is 6.16. The summed E-state index contributed by atoms with van der Waals surface area (Å²) in [5.74, 6) is 2.13. The van der Waals surface area contributed by atoms with E-state index in [2.05, 4.69) is 20.1 Å². The Hall–Kier alpha value is -5.12. The van der Waals surface area contributed by atoms with E-state index >= 15 is 0 Å². The molecule has 0 spiro atoms. The van der Waals surface area contributed by atoms with Crippen molar-refractivity contribution in [3.63, 3.8) is 0 Å². The molecule has 0 fully saturated rings. The van der Waals surface area contributed by atoms with Gasteiger partial charge in [0.25, 0.3) is 0 Å². The van der Waals surface area contributed by atoms with Crippen molar-refractivity contribution < 1.29 is 4.52 Å². The zero-order valence-corrected chi connectivity index (χ0v) is 20.3. The average Bonchev–Trinajstić information content (AvgIpc) is 3.45. The summed E-state index contributed by atoms with van der Waals surface area (Å²) >= 11 is 0. The molecule has 10 nitrogen and oxygen atoms in total. The number of hydrogen-bond acceptors (Lipinski definition) is 9. The van der Waals surface area contributed by atoms with Gasteiger partial charge >= 0.3 is 0 Å². The molecule has 10 heteroatoms. The van der Waals surface area contributed by atoms with Crippen molar-refractivity contribution in [2.75, 3.05) is 10.6 Å². The fourth-order valence-corrected chi connectivity index (χ4v) is 4.36. The molecule has 5 heterocycles. The maximum atomic E-state index is 6.33. The van der Waals surface area contributed by atoms with E-state index in [1.165, 1.54) is 0 Å². The van der Waals surface area contributed by atoms with Crippen molar-refractivity contribution in [2.24, 2.45) is 0 Å². The van der Waals surface area contributed by atoms with Crippen LogP contribution in [0.15, 0.2) is 83.9 Å². The highest BCUT2D eigenvalue weighted by Gasteiger charge is 2.21. The summed E-state index contributed by atoms with van der Waals surface area (Å²) in [5.41, 5.74) is 11.5. The van der Waals surface area contributed by atoms with Crippen LogP contribution in [0.25, 0.3) is 22.4 Å². The summed E-state index contributed by atoms with van der Waals surface area (Å²) in [6.07, 6.45) is 6.94. The minimum Gasteiger partial charge on any atom is -0.384 e. The highest BCUT2D eigenvalue weighted by atomic mass is 16.5. The number of para-hydroxylation sites is 1. The highest BCUT2D eigenvalue weighted by molar-refractivity contribution is 5.92. The predicted octanol–water partition coefficient (Wildman–Crippen LogP) is 4.99. The fourth-order valence-electron chi connectivity index (χ4n) is 4.36. The van der Waals surface area contributed by atoms with Crippen LogP contribution in [0.2, 0.25) is 0 Å². The number of aryl methyl sites for hydroxylation is 2. The number of nitrogens with two attached hydrogens (primary N) is 1. The van der Waals surface area contributed by atoms with Gasteiger partial charge in [0.1, 0.15) is 23.1 Å². The van der Waals surface area contributed by atoms with Crippen LogP contribution in [-0.2, 0) is 6.54 Å². The predicted molar refractivity (Wildman–Crippen MR) is 141 cm³/mol. The Morgan fingerprint density at radius 2 is 1.57 bits per heavy atom. The maximum Gasteiger partial charge on any atom is 0.184 e. The van der Waals surface area contributed by atoms with Crippen LogP contribution in [0, 0.1) is 13.8 Å². The first-order valence-electron chi connectivity index (χ1n) is 11.7. The van der Waals surface area contributed by atoms with E-state index < -0.39 is 0 Å². The lowest BCUT2D eigenvalue weighted by atomic mass is 10.2. The molecule has 1 aromatic carbocycles. The number of benzene rings is 1. The topological polar surface area (TPSA) is 125 Å². The minimum absolute atomic E-state index is 0.331. The molecule has 5 aromatic heterocycles. The van der Waals surface area contributed by atoms with Crippen LogP contribution >= 0.6 is 0 Å². The van der Waals surface area contributed by atoms with Gasteiger partial charge in [-0.1, -0.05) is 23.4 Å². The quantitative estimate of drug-likeness (QED) is 0.344. The van der Waals surface area contributed by atoms with Crippen molar-refractivity contribution in [1.82, 2.24) is 34.9 Å². The molecule has 0 bridgehead atoms. The van der Waals surface area contributed by atoms with Crippen molar-refractivity contribution in [2.45, 2.75) is 20.4 Å². The van der Waals surface area contributed by atoms with Crippen molar-refractivity contribution in [3.8, 4) is 11.5 Å². The standard InChI is InChI=1S/C27H23N9O/c1-17-22(18(2)37-34-17)16-35-23-6-4-3-5-21(23)26(33-35)27-31-24(28)15-25(32-27)36(19-7-11-29-12-8-19)20-9-13-30-14-10-20/h3-15H,16H2,1-2H3,(H2,28,31,32). The number of nitrogens with zero attached hydrogens (tertiary/aromatic N) is 8. The molecule has 0 unspecified atom stereocenters. The molecule has 0 radical (unpaired) electrons. The Bertz CT molecular complexity index is 1630. The molecule has 0 aliphatic rings. The van der Waals surface area contributed by atoms with E-state index in [-0.39, 0.29) is 0 Å². The molecular weight excluding hydrogens is 466 g/mol. The Morgan fingerprint density at radius 3 is 2.22 bits per heavy atom. The van der Waals surface area contributed by atoms with E-state index in [4.69, 9.17) is 20.3 Å². The summed E-state index contributed by atoms with van der Waals surface area (Å²) < 4.78 is 7.29. The maximum absolute atomic E-state index is 6.33. The van der Waals surface area contributed by atoms with Crippen LogP contribution in [0.1, 0.15) is 17.0 Å². The third-order valence-corrected chi connectivity index (χ3v) is 6.16. The molecule has 182 valence electrons.